The number of hydrogen-bond donors (Lipinski definition) is 0. The molecule has 0 atom stereocenters. The van der Waals surface area contributed by atoms with Crippen molar-refractivity contribution in [1.29, 1.82) is 0 Å². The molecule has 0 N–H and O–H groups in total. The molecule has 2 aromatic heterocycles. The van der Waals surface area contributed by atoms with Crippen LogP contribution in [0.3, 0.4) is 0 Å². The van der Waals surface area contributed by atoms with Crippen LogP contribution in [0.4, 0.5) is 0 Å². The Hall–Kier alpha value is -2.20. The van der Waals surface area contributed by atoms with Gasteiger partial charge < -0.3 is 0 Å². The van der Waals surface area contributed by atoms with E-state index in [0.717, 1.165) is 11.3 Å². The third-order valence-electron chi connectivity index (χ3n) is 2.82. The van der Waals surface area contributed by atoms with Crippen LogP contribution in [-0.4, -0.2) is 14.8 Å². The molecule has 1 aromatic carbocycles. The lowest BCUT2D eigenvalue weighted by atomic mass is 10.2. The summed E-state index contributed by atoms with van der Waals surface area (Å²) < 4.78 is 3.71. The van der Waals surface area contributed by atoms with E-state index >= 15 is 0 Å². The molecule has 0 amide bonds. The van der Waals surface area contributed by atoms with Crippen molar-refractivity contribution in [2.75, 3.05) is 0 Å². The molecular weight excluding hydrogens is 260 g/mol. The van der Waals surface area contributed by atoms with Crippen LogP contribution in [0.15, 0.2) is 55.1 Å². The zero-order valence-electron chi connectivity index (χ0n) is 10.4. The highest BCUT2D eigenvalue weighted by molar-refractivity contribution is 6.30. The minimum atomic E-state index is 0.704. The Labute approximate surface area is 115 Å². The van der Waals surface area contributed by atoms with Crippen LogP contribution in [0.1, 0.15) is 0 Å². The van der Waals surface area contributed by atoms with E-state index in [1.54, 1.807) is 11.0 Å². The predicted octanol–water partition coefficient (Wildman–Crippen LogP) is 2.41. The molecule has 0 aliphatic rings. The van der Waals surface area contributed by atoms with Crippen LogP contribution in [0.5, 0.6) is 0 Å². The fourth-order valence-corrected chi connectivity index (χ4v) is 1.89. The summed E-state index contributed by atoms with van der Waals surface area (Å²) in [6.07, 6.45) is 5.64. The molecule has 0 unspecified atom stereocenters. The summed E-state index contributed by atoms with van der Waals surface area (Å²) in [5.74, 6) is 0.704. The first-order valence-corrected chi connectivity index (χ1v) is 6.23. The maximum Gasteiger partial charge on any atom is 0.181 e. The van der Waals surface area contributed by atoms with Crippen molar-refractivity contribution in [1.82, 2.24) is 14.8 Å². The Morgan fingerprint density at radius 1 is 1.05 bits per heavy atom. The maximum atomic E-state index is 5.87. The molecule has 0 aliphatic heterocycles. The third-order valence-corrected chi connectivity index (χ3v) is 3.07. The normalized spacial score (nSPS) is 10.6. The van der Waals surface area contributed by atoms with Crippen LogP contribution in [0.2, 0.25) is 5.02 Å². The van der Waals surface area contributed by atoms with E-state index < -0.39 is 0 Å². The monoisotopic (exact) mass is 271 g/mol. The minimum absolute atomic E-state index is 0.704. The lowest BCUT2D eigenvalue weighted by Gasteiger charge is -1.99. The van der Waals surface area contributed by atoms with Crippen LogP contribution in [-0.2, 0) is 7.05 Å². The van der Waals surface area contributed by atoms with Gasteiger partial charge in [-0.2, -0.15) is 0 Å². The molecule has 3 rings (SSSR count). The Morgan fingerprint density at radius 2 is 1.74 bits per heavy atom. The molecule has 0 bridgehead atoms. The van der Waals surface area contributed by atoms with E-state index in [1.807, 2.05) is 60.4 Å². The second-order valence-electron chi connectivity index (χ2n) is 4.24. The summed E-state index contributed by atoms with van der Waals surface area (Å²) in [6, 6.07) is 11.5. The van der Waals surface area contributed by atoms with Gasteiger partial charge in [-0.1, -0.05) is 11.6 Å². The van der Waals surface area contributed by atoms with Crippen LogP contribution >= 0.6 is 11.6 Å². The van der Waals surface area contributed by atoms with Crippen LogP contribution in [0, 0.1) is 0 Å². The van der Waals surface area contributed by atoms with Gasteiger partial charge in [-0.15, -0.1) is 5.10 Å². The molecule has 0 saturated heterocycles. The van der Waals surface area contributed by atoms with Gasteiger partial charge in [0.25, 0.3) is 0 Å². The lowest BCUT2D eigenvalue weighted by Crippen LogP contribution is -2.25. The van der Waals surface area contributed by atoms with Crippen molar-refractivity contribution in [3.63, 3.8) is 0 Å². The molecule has 0 radical (unpaired) electrons. The summed E-state index contributed by atoms with van der Waals surface area (Å²) in [6.45, 7) is 0. The van der Waals surface area contributed by atoms with Gasteiger partial charge in [-0.05, 0) is 24.3 Å². The Kier molecular flexibility index (Phi) is 3.01. The first-order chi connectivity index (χ1) is 9.22. The summed E-state index contributed by atoms with van der Waals surface area (Å²) in [5, 5.41) is 5.17. The van der Waals surface area contributed by atoms with Crippen LogP contribution in [0.25, 0.3) is 17.1 Å². The number of rotatable bonds is 2. The second-order valence-corrected chi connectivity index (χ2v) is 4.68. The quantitative estimate of drug-likeness (QED) is 0.671. The Bertz CT molecular complexity index is 626. The number of nitrogens with zero attached hydrogens (tertiary/aromatic N) is 4. The molecule has 0 fully saturated rings. The van der Waals surface area contributed by atoms with Crippen molar-refractivity contribution >= 4 is 11.6 Å². The topological polar surface area (TPSA) is 34.6 Å². The van der Waals surface area contributed by atoms with E-state index in [9.17, 15) is 0 Å². The average Bonchev–Trinajstić information content (AvgIpc) is 2.90. The van der Waals surface area contributed by atoms with Crippen LogP contribution < -0.4 is 4.57 Å². The first kappa shape index (κ1) is 11.9. The van der Waals surface area contributed by atoms with Crippen molar-refractivity contribution < 1.29 is 4.57 Å². The summed E-state index contributed by atoms with van der Waals surface area (Å²) >= 11 is 5.87. The van der Waals surface area contributed by atoms with Crippen molar-refractivity contribution in [2.45, 2.75) is 0 Å². The molecule has 0 saturated carbocycles. The number of hydrogen-bond acceptors (Lipinski definition) is 2. The number of halogens is 1. The average molecular weight is 272 g/mol. The molecular formula is C14H12ClN4+. The largest absolute Gasteiger partial charge is 0.220 e. The first-order valence-electron chi connectivity index (χ1n) is 5.86. The van der Waals surface area contributed by atoms with Gasteiger partial charge in [0, 0.05) is 22.7 Å². The standard InChI is InChI=1S/C14H12ClN4/c1-18-8-6-11(7-9-18)14-16-10-19(17-14)13-4-2-12(15)3-5-13/h2-10H,1H3/q+1. The molecule has 4 nitrogen and oxygen atoms in total. The molecule has 19 heavy (non-hydrogen) atoms. The summed E-state index contributed by atoms with van der Waals surface area (Å²) in [4.78, 5) is 4.32. The van der Waals surface area contributed by atoms with E-state index in [2.05, 4.69) is 10.1 Å². The van der Waals surface area contributed by atoms with E-state index in [4.69, 9.17) is 11.6 Å². The van der Waals surface area contributed by atoms with Gasteiger partial charge >= 0.3 is 0 Å². The van der Waals surface area contributed by atoms with E-state index in [1.165, 1.54) is 0 Å². The minimum Gasteiger partial charge on any atom is -0.220 e. The molecule has 3 aromatic rings. The van der Waals surface area contributed by atoms with Gasteiger partial charge in [0.15, 0.2) is 18.2 Å². The number of benzene rings is 1. The Balaban J connectivity index is 1.95. The molecule has 2 heterocycles. The highest BCUT2D eigenvalue weighted by Gasteiger charge is 2.06. The number of aromatic nitrogens is 4. The van der Waals surface area contributed by atoms with Crippen molar-refractivity contribution in [3.8, 4) is 17.1 Å². The number of pyridine rings is 1. The summed E-state index contributed by atoms with van der Waals surface area (Å²) in [7, 11) is 1.98. The fourth-order valence-electron chi connectivity index (χ4n) is 1.76. The SMILES string of the molecule is C[n+]1ccc(-c2ncn(-c3ccc(Cl)cc3)n2)cc1. The maximum absolute atomic E-state index is 5.87. The molecule has 5 heteroatoms. The second kappa shape index (κ2) is 4.82. The van der Waals surface area contributed by atoms with E-state index in [-0.39, 0.29) is 0 Å². The van der Waals surface area contributed by atoms with Crippen molar-refractivity contribution in [3.05, 3.63) is 60.1 Å². The fraction of sp³-hybridized carbons (Fsp3) is 0.0714. The number of aryl methyl sites for hydroxylation is 1. The zero-order chi connectivity index (χ0) is 13.2. The molecule has 94 valence electrons. The molecule has 0 aliphatic carbocycles. The zero-order valence-corrected chi connectivity index (χ0v) is 11.1. The lowest BCUT2D eigenvalue weighted by molar-refractivity contribution is -0.671. The van der Waals surface area contributed by atoms with Gasteiger partial charge in [0.05, 0.1) is 5.69 Å². The van der Waals surface area contributed by atoms with Crippen molar-refractivity contribution in [2.24, 2.45) is 7.05 Å². The van der Waals surface area contributed by atoms with Gasteiger partial charge in [-0.3, -0.25) is 0 Å². The van der Waals surface area contributed by atoms with Gasteiger partial charge in [-0.25, -0.2) is 14.2 Å². The highest BCUT2D eigenvalue weighted by atomic mass is 35.5. The predicted molar refractivity (Wildman–Crippen MR) is 73.0 cm³/mol. The summed E-state index contributed by atoms with van der Waals surface area (Å²) in [5.41, 5.74) is 1.93. The van der Waals surface area contributed by atoms with E-state index in [0.29, 0.717) is 10.8 Å². The smallest absolute Gasteiger partial charge is 0.181 e. The highest BCUT2D eigenvalue weighted by Crippen LogP contribution is 2.16. The van der Waals surface area contributed by atoms with Gasteiger partial charge in [0.2, 0.25) is 0 Å². The van der Waals surface area contributed by atoms with Gasteiger partial charge in [0.1, 0.15) is 13.4 Å². The third kappa shape index (κ3) is 2.48. The Morgan fingerprint density at radius 3 is 2.42 bits per heavy atom. The molecule has 0 spiro atoms.